The van der Waals surface area contributed by atoms with E-state index in [9.17, 15) is 13.2 Å². The molecule has 1 unspecified atom stereocenters. The number of rotatable bonds is 4. The molecule has 0 aromatic heterocycles. The number of hydrogen-bond donors (Lipinski definition) is 0. The average molecular weight is 223 g/mol. The Labute approximate surface area is 89.6 Å². The van der Waals surface area contributed by atoms with Crippen LogP contribution < -0.4 is 0 Å². The first-order valence-electron chi connectivity index (χ1n) is 5.58. The Bertz CT molecular complexity index is 206. The maximum atomic E-state index is 12.7. The molecular formula is C11H20F3N. The predicted molar refractivity (Wildman–Crippen MR) is 54.7 cm³/mol. The second-order valence-electron chi connectivity index (χ2n) is 5.04. The first kappa shape index (κ1) is 12.8. The molecule has 0 radical (unpaired) electrons. The molecule has 90 valence electrons. The molecule has 0 saturated carbocycles. The monoisotopic (exact) mass is 223 g/mol. The van der Waals surface area contributed by atoms with E-state index in [0.717, 1.165) is 25.9 Å². The summed E-state index contributed by atoms with van der Waals surface area (Å²) in [4.78, 5) is 2.16. The summed E-state index contributed by atoms with van der Waals surface area (Å²) in [6.45, 7) is 6.50. The summed E-state index contributed by atoms with van der Waals surface area (Å²) in [5.74, 6) is 0. The van der Waals surface area contributed by atoms with Crippen LogP contribution in [0.5, 0.6) is 0 Å². The Hall–Kier alpha value is -0.250. The zero-order valence-corrected chi connectivity index (χ0v) is 9.69. The lowest BCUT2D eigenvalue weighted by molar-refractivity contribution is -0.218. The van der Waals surface area contributed by atoms with Gasteiger partial charge in [-0.1, -0.05) is 20.8 Å². The van der Waals surface area contributed by atoms with Crippen molar-refractivity contribution in [1.29, 1.82) is 0 Å². The molecule has 0 aromatic rings. The average Bonchev–Trinajstić information content (AvgIpc) is 1.97. The highest BCUT2D eigenvalue weighted by molar-refractivity contribution is 4.86. The Morgan fingerprint density at radius 3 is 2.00 bits per heavy atom. The molecule has 1 fully saturated rings. The van der Waals surface area contributed by atoms with Gasteiger partial charge in [0.15, 0.2) is 0 Å². The second kappa shape index (κ2) is 4.32. The molecule has 1 heterocycles. The maximum Gasteiger partial charge on any atom is 0.394 e. The van der Waals surface area contributed by atoms with E-state index >= 15 is 0 Å². The van der Waals surface area contributed by atoms with Crippen LogP contribution in [0.15, 0.2) is 0 Å². The van der Waals surface area contributed by atoms with Gasteiger partial charge in [-0.2, -0.15) is 13.2 Å². The first-order valence-corrected chi connectivity index (χ1v) is 5.58. The van der Waals surface area contributed by atoms with Crippen molar-refractivity contribution in [1.82, 2.24) is 4.90 Å². The van der Waals surface area contributed by atoms with E-state index in [2.05, 4.69) is 4.90 Å². The molecule has 0 N–H and O–H groups in total. The topological polar surface area (TPSA) is 3.24 Å². The largest absolute Gasteiger partial charge is 0.394 e. The summed E-state index contributed by atoms with van der Waals surface area (Å²) < 4.78 is 38.1. The highest BCUT2D eigenvalue weighted by Crippen LogP contribution is 2.42. The number of likely N-dealkylation sites (tertiary alicyclic amines) is 1. The fourth-order valence-corrected chi connectivity index (χ4v) is 1.94. The molecule has 0 bridgehead atoms. The highest BCUT2D eigenvalue weighted by Gasteiger charge is 2.48. The van der Waals surface area contributed by atoms with E-state index in [0.29, 0.717) is 0 Å². The third-order valence-electron chi connectivity index (χ3n) is 3.39. The third kappa shape index (κ3) is 2.86. The molecule has 1 nitrogen and oxygen atoms in total. The van der Waals surface area contributed by atoms with Gasteiger partial charge < -0.3 is 4.90 Å². The smallest absolute Gasteiger partial charge is 0.300 e. The number of nitrogens with zero attached hydrogens (tertiary/aromatic N) is 1. The predicted octanol–water partition coefficient (Wildman–Crippen LogP) is 3.45. The van der Waals surface area contributed by atoms with Crippen molar-refractivity contribution in [3.63, 3.8) is 0 Å². The lowest BCUT2D eigenvalue weighted by atomic mass is 9.83. The van der Waals surface area contributed by atoms with Crippen molar-refractivity contribution >= 4 is 0 Å². The molecule has 1 rings (SSSR count). The molecule has 0 aliphatic carbocycles. The Morgan fingerprint density at radius 1 is 1.20 bits per heavy atom. The quantitative estimate of drug-likeness (QED) is 0.705. The Balaban J connectivity index is 2.57. The van der Waals surface area contributed by atoms with E-state index < -0.39 is 11.6 Å². The first-order chi connectivity index (χ1) is 6.78. The minimum absolute atomic E-state index is 0.0929. The zero-order chi connectivity index (χ0) is 11.7. The lowest BCUT2D eigenvalue weighted by Crippen LogP contribution is -2.48. The van der Waals surface area contributed by atoms with Crippen LogP contribution in [0.3, 0.4) is 0 Å². The molecule has 1 atom stereocenters. The molecule has 1 saturated heterocycles. The normalized spacial score (nSPS) is 21.2. The van der Waals surface area contributed by atoms with Gasteiger partial charge in [-0.05, 0) is 32.4 Å². The van der Waals surface area contributed by atoms with Gasteiger partial charge in [-0.15, -0.1) is 0 Å². The van der Waals surface area contributed by atoms with Crippen LogP contribution in [-0.2, 0) is 0 Å². The molecule has 15 heavy (non-hydrogen) atoms. The molecule has 0 spiro atoms. The minimum Gasteiger partial charge on any atom is -0.300 e. The van der Waals surface area contributed by atoms with Gasteiger partial charge in [0.2, 0.25) is 0 Å². The van der Waals surface area contributed by atoms with Gasteiger partial charge in [-0.25, -0.2) is 0 Å². The Morgan fingerprint density at radius 2 is 1.73 bits per heavy atom. The van der Waals surface area contributed by atoms with Crippen LogP contribution in [0.4, 0.5) is 13.2 Å². The molecule has 1 aliphatic rings. The summed E-state index contributed by atoms with van der Waals surface area (Å²) in [6, 6.07) is 0.0929. The van der Waals surface area contributed by atoms with Gasteiger partial charge >= 0.3 is 6.18 Å². The van der Waals surface area contributed by atoms with Crippen LogP contribution in [0.2, 0.25) is 0 Å². The van der Waals surface area contributed by atoms with Crippen LogP contribution >= 0.6 is 0 Å². The third-order valence-corrected chi connectivity index (χ3v) is 3.39. The fourth-order valence-electron chi connectivity index (χ4n) is 1.94. The summed E-state index contributed by atoms with van der Waals surface area (Å²) in [5.41, 5.74) is -1.57. The summed E-state index contributed by atoms with van der Waals surface area (Å²) in [5, 5.41) is 0. The minimum atomic E-state index is -4.09. The fraction of sp³-hybridized carbons (Fsp3) is 1.00. The molecule has 0 amide bonds. The number of alkyl halides is 3. The van der Waals surface area contributed by atoms with Crippen molar-refractivity contribution in [3.8, 4) is 0 Å². The van der Waals surface area contributed by atoms with Gasteiger partial charge in [0, 0.05) is 6.04 Å². The molecular weight excluding hydrogens is 203 g/mol. The zero-order valence-electron chi connectivity index (χ0n) is 9.69. The van der Waals surface area contributed by atoms with Gasteiger partial charge in [-0.3, -0.25) is 0 Å². The van der Waals surface area contributed by atoms with Crippen LogP contribution in [0.1, 0.15) is 40.0 Å². The van der Waals surface area contributed by atoms with Gasteiger partial charge in [0.05, 0.1) is 5.41 Å². The van der Waals surface area contributed by atoms with E-state index in [-0.39, 0.29) is 12.5 Å². The Kier molecular flexibility index (Phi) is 3.69. The van der Waals surface area contributed by atoms with E-state index in [1.807, 2.05) is 6.92 Å². The summed E-state index contributed by atoms with van der Waals surface area (Å²) in [7, 11) is 0. The maximum absolute atomic E-state index is 12.7. The van der Waals surface area contributed by atoms with Crippen molar-refractivity contribution in [2.24, 2.45) is 5.41 Å². The van der Waals surface area contributed by atoms with Crippen LogP contribution in [-0.4, -0.2) is 30.2 Å². The summed E-state index contributed by atoms with van der Waals surface area (Å²) >= 11 is 0. The van der Waals surface area contributed by atoms with Crippen molar-refractivity contribution in [2.45, 2.75) is 52.3 Å². The SMILES string of the molecule is CCC(CC(C)(C)C(F)(F)F)N1CCC1. The second-order valence-corrected chi connectivity index (χ2v) is 5.04. The highest BCUT2D eigenvalue weighted by atomic mass is 19.4. The van der Waals surface area contributed by atoms with Crippen molar-refractivity contribution in [2.75, 3.05) is 13.1 Å². The van der Waals surface area contributed by atoms with E-state index in [1.165, 1.54) is 13.8 Å². The standard InChI is InChI=1S/C11H20F3N/c1-4-9(15-6-5-7-15)8-10(2,3)11(12,13)14/h9H,4-8H2,1-3H3. The van der Waals surface area contributed by atoms with Gasteiger partial charge in [0.25, 0.3) is 0 Å². The van der Waals surface area contributed by atoms with E-state index in [1.54, 1.807) is 0 Å². The molecule has 0 aromatic carbocycles. The number of halogens is 3. The van der Waals surface area contributed by atoms with E-state index in [4.69, 9.17) is 0 Å². The van der Waals surface area contributed by atoms with Crippen LogP contribution in [0, 0.1) is 5.41 Å². The van der Waals surface area contributed by atoms with Crippen molar-refractivity contribution < 1.29 is 13.2 Å². The van der Waals surface area contributed by atoms with Crippen LogP contribution in [0.25, 0.3) is 0 Å². The van der Waals surface area contributed by atoms with Gasteiger partial charge in [0.1, 0.15) is 0 Å². The number of hydrogen-bond acceptors (Lipinski definition) is 1. The summed E-state index contributed by atoms with van der Waals surface area (Å²) in [6.07, 6.45) is -1.94. The lowest BCUT2D eigenvalue weighted by Gasteiger charge is -2.42. The molecule has 4 heteroatoms. The molecule has 1 aliphatic heterocycles. The van der Waals surface area contributed by atoms with Crippen molar-refractivity contribution in [3.05, 3.63) is 0 Å².